The summed E-state index contributed by atoms with van der Waals surface area (Å²) in [4.78, 5) is 11.9. The third-order valence-electron chi connectivity index (χ3n) is 2.65. The number of ether oxygens (including phenoxy) is 1. The number of Topliss-reactive ketones (excluding diaryl/α,β-unsaturated/α-hetero) is 1. The maximum atomic E-state index is 12.1. The summed E-state index contributed by atoms with van der Waals surface area (Å²) in [7, 11) is 1.64. The second kappa shape index (κ2) is 6.20. The van der Waals surface area contributed by atoms with Crippen LogP contribution in [0, 0.1) is 5.41 Å². The maximum absolute atomic E-state index is 12.1. The van der Waals surface area contributed by atoms with Gasteiger partial charge in [-0.15, -0.1) is 0 Å². The molecule has 0 aliphatic heterocycles. The molecule has 0 radical (unpaired) electrons. The summed E-state index contributed by atoms with van der Waals surface area (Å²) in [5.74, 6) is 1.02. The van der Waals surface area contributed by atoms with Crippen molar-refractivity contribution in [3.8, 4) is 5.75 Å². The Labute approximate surface area is 125 Å². The van der Waals surface area contributed by atoms with Gasteiger partial charge in [-0.2, -0.15) is 0 Å². The van der Waals surface area contributed by atoms with E-state index in [1.165, 1.54) is 0 Å². The molecule has 0 aromatic heterocycles. The van der Waals surface area contributed by atoms with Crippen LogP contribution in [0.25, 0.3) is 0 Å². The van der Waals surface area contributed by atoms with Crippen molar-refractivity contribution in [2.24, 2.45) is 5.41 Å². The third kappa shape index (κ3) is 4.09. The molecule has 0 amide bonds. The number of alkyl halides is 1. The lowest BCUT2D eigenvalue weighted by molar-refractivity contribution is -0.125. The van der Waals surface area contributed by atoms with Gasteiger partial charge in [-0.25, -0.2) is 0 Å². The summed E-state index contributed by atoms with van der Waals surface area (Å²) >= 11 is 6.93. The van der Waals surface area contributed by atoms with Gasteiger partial charge in [-0.1, -0.05) is 42.8 Å². The van der Waals surface area contributed by atoms with Crippen LogP contribution in [0.4, 0.5) is 0 Å². The normalized spacial score (nSPS) is 13.2. The van der Waals surface area contributed by atoms with Crippen molar-refractivity contribution in [3.05, 3.63) is 28.2 Å². The fourth-order valence-corrected chi connectivity index (χ4v) is 3.25. The van der Waals surface area contributed by atoms with Crippen LogP contribution in [-0.4, -0.2) is 17.7 Å². The van der Waals surface area contributed by atoms with E-state index in [1.54, 1.807) is 7.11 Å². The standard InChI is InChI=1S/C14H18Br2O2/c1-14(2,3)13(17)11(16)8-9-5-6-12(18-4)10(15)7-9/h5-7,11H,8H2,1-4H3. The van der Waals surface area contributed by atoms with Gasteiger partial charge in [0, 0.05) is 5.41 Å². The van der Waals surface area contributed by atoms with Gasteiger partial charge >= 0.3 is 0 Å². The summed E-state index contributed by atoms with van der Waals surface area (Å²) in [6.45, 7) is 5.81. The number of ketones is 1. The Morgan fingerprint density at radius 1 is 1.39 bits per heavy atom. The molecule has 1 aromatic carbocycles. The predicted molar refractivity (Wildman–Crippen MR) is 81.6 cm³/mol. The minimum Gasteiger partial charge on any atom is -0.496 e. The van der Waals surface area contributed by atoms with Crippen molar-refractivity contribution in [3.63, 3.8) is 0 Å². The highest BCUT2D eigenvalue weighted by molar-refractivity contribution is 9.10. The van der Waals surface area contributed by atoms with Gasteiger partial charge in [0.05, 0.1) is 16.4 Å². The molecule has 2 nitrogen and oxygen atoms in total. The summed E-state index contributed by atoms with van der Waals surface area (Å²) < 4.78 is 6.09. The van der Waals surface area contributed by atoms with Crippen molar-refractivity contribution >= 4 is 37.6 Å². The molecule has 1 aromatic rings. The highest BCUT2D eigenvalue weighted by Gasteiger charge is 2.27. The van der Waals surface area contributed by atoms with E-state index >= 15 is 0 Å². The molecule has 0 bridgehead atoms. The van der Waals surface area contributed by atoms with Crippen molar-refractivity contribution < 1.29 is 9.53 Å². The van der Waals surface area contributed by atoms with Gasteiger partial charge in [0.25, 0.3) is 0 Å². The third-order valence-corrected chi connectivity index (χ3v) is 4.01. The topological polar surface area (TPSA) is 26.3 Å². The summed E-state index contributed by atoms with van der Waals surface area (Å²) in [6.07, 6.45) is 0.679. The van der Waals surface area contributed by atoms with Crippen LogP contribution < -0.4 is 4.74 Å². The Bertz CT molecular complexity index is 436. The SMILES string of the molecule is COc1ccc(CC(Br)C(=O)C(C)(C)C)cc1Br. The minimum absolute atomic E-state index is 0.155. The second-order valence-corrected chi connectivity index (χ2v) is 7.21. The summed E-state index contributed by atoms with van der Waals surface area (Å²) in [5, 5.41) is 0. The van der Waals surface area contributed by atoms with Crippen LogP contribution in [0.2, 0.25) is 0 Å². The number of carbonyl (C=O) groups is 1. The van der Waals surface area contributed by atoms with Crippen molar-refractivity contribution in [1.29, 1.82) is 0 Å². The van der Waals surface area contributed by atoms with Gasteiger partial charge in [0.1, 0.15) is 5.75 Å². The van der Waals surface area contributed by atoms with E-state index in [-0.39, 0.29) is 16.0 Å². The molecule has 0 fully saturated rings. The lowest BCUT2D eigenvalue weighted by atomic mass is 9.87. The molecule has 1 unspecified atom stereocenters. The smallest absolute Gasteiger partial charge is 0.152 e. The van der Waals surface area contributed by atoms with E-state index < -0.39 is 0 Å². The molecule has 18 heavy (non-hydrogen) atoms. The van der Waals surface area contributed by atoms with Gasteiger partial charge in [0.2, 0.25) is 0 Å². The monoisotopic (exact) mass is 376 g/mol. The van der Waals surface area contributed by atoms with E-state index in [0.29, 0.717) is 6.42 Å². The first-order valence-electron chi connectivity index (χ1n) is 5.76. The molecule has 0 saturated carbocycles. The number of halogens is 2. The molecule has 0 saturated heterocycles. The fraction of sp³-hybridized carbons (Fsp3) is 0.500. The van der Waals surface area contributed by atoms with Crippen LogP contribution in [0.15, 0.2) is 22.7 Å². The van der Waals surface area contributed by atoms with E-state index in [0.717, 1.165) is 15.8 Å². The number of rotatable bonds is 4. The minimum atomic E-state index is -0.322. The molecule has 0 N–H and O–H groups in total. The molecule has 0 aliphatic carbocycles. The van der Waals surface area contributed by atoms with Crippen LogP contribution in [0.3, 0.4) is 0 Å². The van der Waals surface area contributed by atoms with Gasteiger partial charge < -0.3 is 4.74 Å². The molecule has 0 spiro atoms. The highest BCUT2D eigenvalue weighted by Crippen LogP contribution is 2.28. The highest BCUT2D eigenvalue weighted by atomic mass is 79.9. The molecule has 0 heterocycles. The Morgan fingerprint density at radius 2 is 2.00 bits per heavy atom. The van der Waals surface area contributed by atoms with Crippen LogP contribution >= 0.6 is 31.9 Å². The fourth-order valence-electron chi connectivity index (χ4n) is 1.61. The molecule has 4 heteroatoms. The van der Waals surface area contributed by atoms with Gasteiger partial charge in [-0.05, 0) is 40.0 Å². The van der Waals surface area contributed by atoms with E-state index in [9.17, 15) is 4.79 Å². The van der Waals surface area contributed by atoms with Crippen LogP contribution in [-0.2, 0) is 11.2 Å². The second-order valence-electron chi connectivity index (χ2n) is 5.25. The molecule has 1 atom stereocenters. The van der Waals surface area contributed by atoms with Crippen molar-refractivity contribution in [1.82, 2.24) is 0 Å². The molecular formula is C14H18Br2O2. The molecule has 100 valence electrons. The van der Waals surface area contributed by atoms with Crippen molar-refractivity contribution in [2.75, 3.05) is 7.11 Å². The molecule has 1 rings (SSSR count). The largest absolute Gasteiger partial charge is 0.496 e. The summed E-state index contributed by atoms with van der Waals surface area (Å²) in [5.41, 5.74) is 0.778. The molecule has 0 aliphatic rings. The Hall–Kier alpha value is -0.350. The molecular weight excluding hydrogens is 360 g/mol. The Kier molecular flexibility index (Phi) is 5.41. The maximum Gasteiger partial charge on any atom is 0.152 e. The van der Waals surface area contributed by atoms with Crippen LogP contribution in [0.1, 0.15) is 26.3 Å². The van der Waals surface area contributed by atoms with Crippen LogP contribution in [0.5, 0.6) is 5.75 Å². The lowest BCUT2D eigenvalue weighted by Gasteiger charge is -2.20. The zero-order valence-electron chi connectivity index (χ0n) is 11.1. The number of hydrogen-bond donors (Lipinski definition) is 0. The number of carbonyl (C=O) groups excluding carboxylic acids is 1. The predicted octanol–water partition coefficient (Wildman–Crippen LogP) is 4.38. The van der Waals surface area contributed by atoms with Crippen molar-refractivity contribution in [2.45, 2.75) is 32.0 Å². The Balaban J connectivity index is 2.80. The zero-order valence-corrected chi connectivity index (χ0v) is 14.3. The zero-order chi connectivity index (χ0) is 13.9. The first-order valence-corrected chi connectivity index (χ1v) is 7.47. The quantitative estimate of drug-likeness (QED) is 0.728. The summed E-state index contributed by atoms with van der Waals surface area (Å²) in [6, 6.07) is 5.87. The van der Waals surface area contributed by atoms with E-state index in [2.05, 4.69) is 31.9 Å². The number of methoxy groups -OCH3 is 1. The number of benzene rings is 1. The van der Waals surface area contributed by atoms with E-state index in [1.807, 2.05) is 39.0 Å². The number of hydrogen-bond acceptors (Lipinski definition) is 2. The average molecular weight is 378 g/mol. The first kappa shape index (κ1) is 15.7. The average Bonchev–Trinajstić information content (AvgIpc) is 2.27. The van der Waals surface area contributed by atoms with Gasteiger partial charge in [0.15, 0.2) is 5.78 Å². The first-order chi connectivity index (χ1) is 8.25. The lowest BCUT2D eigenvalue weighted by Crippen LogP contribution is -2.30. The van der Waals surface area contributed by atoms with E-state index in [4.69, 9.17) is 4.74 Å². The Morgan fingerprint density at radius 3 is 2.44 bits per heavy atom. The van der Waals surface area contributed by atoms with Gasteiger partial charge in [-0.3, -0.25) is 4.79 Å².